The van der Waals surface area contributed by atoms with E-state index in [9.17, 15) is 0 Å². The molecule has 0 aliphatic rings. The number of aliphatic imine (C=N–C) groups is 1. The normalized spacial score (nSPS) is 10.8. The van der Waals surface area contributed by atoms with Crippen molar-refractivity contribution in [3.63, 3.8) is 0 Å². The van der Waals surface area contributed by atoms with Crippen LogP contribution in [-0.4, -0.2) is 13.3 Å². The Kier molecular flexibility index (Phi) is 4.30. The number of methoxy groups -OCH3 is 1. The topological polar surface area (TPSA) is 21.6 Å². The fourth-order valence-electron chi connectivity index (χ4n) is 2.21. The van der Waals surface area contributed by atoms with Crippen LogP contribution in [0.4, 0.5) is 5.69 Å². The Labute approximate surface area is 130 Å². The van der Waals surface area contributed by atoms with Crippen LogP contribution in [0.25, 0.3) is 11.1 Å². The molecule has 108 valence electrons. The predicted molar refractivity (Wildman–Crippen MR) is 92.1 cm³/mol. The highest BCUT2D eigenvalue weighted by atomic mass is 16.5. The van der Waals surface area contributed by atoms with Gasteiger partial charge in [0.1, 0.15) is 5.75 Å². The third-order valence-electron chi connectivity index (χ3n) is 3.45. The molecule has 0 unspecified atom stereocenters. The van der Waals surface area contributed by atoms with Crippen LogP contribution < -0.4 is 4.74 Å². The van der Waals surface area contributed by atoms with Crippen LogP contribution in [0.2, 0.25) is 0 Å². The summed E-state index contributed by atoms with van der Waals surface area (Å²) < 4.78 is 5.14. The molecule has 0 fully saturated rings. The maximum atomic E-state index is 5.14. The zero-order valence-electron chi connectivity index (χ0n) is 12.4. The largest absolute Gasteiger partial charge is 0.497 e. The van der Waals surface area contributed by atoms with Crippen molar-refractivity contribution in [2.24, 2.45) is 4.99 Å². The Morgan fingerprint density at radius 2 is 1.36 bits per heavy atom. The number of rotatable bonds is 4. The predicted octanol–water partition coefficient (Wildman–Crippen LogP) is 5.11. The molecule has 0 bridgehead atoms. The summed E-state index contributed by atoms with van der Waals surface area (Å²) in [6, 6.07) is 26.4. The van der Waals surface area contributed by atoms with E-state index in [0.717, 1.165) is 17.0 Å². The molecule has 0 amide bonds. The number of ether oxygens (including phenoxy) is 1. The minimum atomic E-state index is 0.851. The standard InChI is InChI=1S/C20H17NO/c1-22-20-13-7-16(8-14-20)15-21-19-11-9-18(10-12-19)17-5-3-2-4-6-17/h2-15H,1H3. The minimum Gasteiger partial charge on any atom is -0.497 e. The second kappa shape index (κ2) is 6.72. The maximum absolute atomic E-state index is 5.14. The molecule has 0 aliphatic heterocycles. The third-order valence-corrected chi connectivity index (χ3v) is 3.45. The van der Waals surface area contributed by atoms with Crippen molar-refractivity contribution in [3.8, 4) is 16.9 Å². The Bertz CT molecular complexity index is 744. The highest BCUT2D eigenvalue weighted by Gasteiger charge is 1.96. The molecule has 0 aliphatic carbocycles. The summed E-state index contributed by atoms with van der Waals surface area (Å²) in [6.45, 7) is 0. The van der Waals surface area contributed by atoms with E-state index in [1.807, 2.05) is 60.8 Å². The quantitative estimate of drug-likeness (QED) is 0.611. The van der Waals surface area contributed by atoms with Crippen LogP contribution >= 0.6 is 0 Å². The molecule has 0 spiro atoms. The summed E-state index contributed by atoms with van der Waals surface area (Å²) in [5.41, 5.74) is 4.40. The van der Waals surface area contributed by atoms with Gasteiger partial charge in [0, 0.05) is 6.21 Å². The van der Waals surface area contributed by atoms with Gasteiger partial charge in [-0.3, -0.25) is 4.99 Å². The fraction of sp³-hybridized carbons (Fsp3) is 0.0500. The Balaban J connectivity index is 1.74. The molecule has 3 aromatic rings. The molecule has 3 aromatic carbocycles. The average Bonchev–Trinajstić information content (AvgIpc) is 2.61. The molecule has 22 heavy (non-hydrogen) atoms. The van der Waals surface area contributed by atoms with E-state index in [2.05, 4.69) is 29.3 Å². The van der Waals surface area contributed by atoms with Gasteiger partial charge < -0.3 is 4.74 Å². The van der Waals surface area contributed by atoms with E-state index in [-0.39, 0.29) is 0 Å². The molecule has 0 aromatic heterocycles. The maximum Gasteiger partial charge on any atom is 0.118 e. The SMILES string of the molecule is COc1ccc(C=Nc2ccc(-c3ccccc3)cc2)cc1. The van der Waals surface area contributed by atoms with Gasteiger partial charge in [0.05, 0.1) is 12.8 Å². The van der Waals surface area contributed by atoms with E-state index < -0.39 is 0 Å². The molecule has 0 atom stereocenters. The van der Waals surface area contributed by atoms with Crippen molar-refractivity contribution in [1.82, 2.24) is 0 Å². The molecule has 2 nitrogen and oxygen atoms in total. The summed E-state index contributed by atoms with van der Waals surface area (Å²) in [7, 11) is 1.66. The van der Waals surface area contributed by atoms with Gasteiger partial charge in [-0.05, 0) is 53.1 Å². The Morgan fingerprint density at radius 3 is 2.00 bits per heavy atom. The van der Waals surface area contributed by atoms with Crippen molar-refractivity contribution in [3.05, 3.63) is 84.4 Å². The van der Waals surface area contributed by atoms with Gasteiger partial charge in [-0.2, -0.15) is 0 Å². The average molecular weight is 287 g/mol. The molecular formula is C20H17NO. The van der Waals surface area contributed by atoms with Crippen molar-refractivity contribution in [2.75, 3.05) is 7.11 Å². The van der Waals surface area contributed by atoms with Gasteiger partial charge in [0.25, 0.3) is 0 Å². The summed E-state index contributed by atoms with van der Waals surface area (Å²) in [5, 5.41) is 0. The van der Waals surface area contributed by atoms with Crippen LogP contribution in [0.3, 0.4) is 0 Å². The van der Waals surface area contributed by atoms with Gasteiger partial charge in [-0.25, -0.2) is 0 Å². The number of hydrogen-bond donors (Lipinski definition) is 0. The first kappa shape index (κ1) is 14.1. The Hall–Kier alpha value is -2.87. The lowest BCUT2D eigenvalue weighted by molar-refractivity contribution is 0.415. The van der Waals surface area contributed by atoms with Crippen molar-refractivity contribution >= 4 is 11.9 Å². The summed E-state index contributed by atoms with van der Waals surface area (Å²) in [4.78, 5) is 4.50. The second-order valence-corrected chi connectivity index (χ2v) is 4.94. The first-order chi connectivity index (χ1) is 10.8. The van der Waals surface area contributed by atoms with Gasteiger partial charge in [0.15, 0.2) is 0 Å². The van der Waals surface area contributed by atoms with E-state index in [1.54, 1.807) is 7.11 Å². The summed E-state index contributed by atoms with van der Waals surface area (Å²) >= 11 is 0. The Morgan fingerprint density at radius 1 is 0.727 bits per heavy atom. The van der Waals surface area contributed by atoms with E-state index in [4.69, 9.17) is 4.74 Å². The number of benzene rings is 3. The van der Waals surface area contributed by atoms with Crippen molar-refractivity contribution in [1.29, 1.82) is 0 Å². The molecule has 3 rings (SSSR count). The van der Waals surface area contributed by atoms with Crippen molar-refractivity contribution in [2.45, 2.75) is 0 Å². The zero-order chi connectivity index (χ0) is 15.2. The molecular weight excluding hydrogens is 270 g/mol. The van der Waals surface area contributed by atoms with Gasteiger partial charge >= 0.3 is 0 Å². The first-order valence-corrected chi connectivity index (χ1v) is 7.19. The molecule has 0 radical (unpaired) electrons. The van der Waals surface area contributed by atoms with Crippen molar-refractivity contribution < 1.29 is 4.74 Å². The lowest BCUT2D eigenvalue weighted by Gasteiger charge is -2.02. The smallest absolute Gasteiger partial charge is 0.118 e. The van der Waals surface area contributed by atoms with Gasteiger partial charge in [-0.15, -0.1) is 0 Å². The van der Waals surface area contributed by atoms with E-state index in [0.29, 0.717) is 0 Å². The van der Waals surface area contributed by atoms with Crippen LogP contribution in [-0.2, 0) is 0 Å². The van der Waals surface area contributed by atoms with Gasteiger partial charge in [-0.1, -0.05) is 42.5 Å². The number of nitrogens with zero attached hydrogens (tertiary/aromatic N) is 1. The minimum absolute atomic E-state index is 0.851. The highest BCUT2D eigenvalue weighted by molar-refractivity contribution is 5.82. The second-order valence-electron chi connectivity index (χ2n) is 4.94. The lowest BCUT2D eigenvalue weighted by atomic mass is 10.1. The highest BCUT2D eigenvalue weighted by Crippen LogP contribution is 2.22. The first-order valence-electron chi connectivity index (χ1n) is 7.19. The summed E-state index contributed by atoms with van der Waals surface area (Å²) in [6.07, 6.45) is 1.86. The molecule has 0 saturated heterocycles. The number of hydrogen-bond acceptors (Lipinski definition) is 2. The van der Waals surface area contributed by atoms with E-state index >= 15 is 0 Å². The monoisotopic (exact) mass is 287 g/mol. The third kappa shape index (κ3) is 3.41. The lowest BCUT2D eigenvalue weighted by Crippen LogP contribution is -1.84. The molecule has 0 N–H and O–H groups in total. The van der Waals surface area contributed by atoms with Crippen LogP contribution in [0.1, 0.15) is 5.56 Å². The van der Waals surface area contributed by atoms with E-state index in [1.165, 1.54) is 11.1 Å². The summed E-state index contributed by atoms with van der Waals surface area (Å²) in [5.74, 6) is 0.851. The van der Waals surface area contributed by atoms with Gasteiger partial charge in [0.2, 0.25) is 0 Å². The molecule has 0 saturated carbocycles. The van der Waals surface area contributed by atoms with Crippen LogP contribution in [0.15, 0.2) is 83.9 Å². The molecule has 0 heterocycles. The fourth-order valence-corrected chi connectivity index (χ4v) is 2.21. The van der Waals surface area contributed by atoms with Crippen LogP contribution in [0.5, 0.6) is 5.75 Å². The van der Waals surface area contributed by atoms with Crippen LogP contribution in [0, 0.1) is 0 Å². The zero-order valence-corrected chi connectivity index (χ0v) is 12.4. The molecule has 2 heteroatoms.